The Bertz CT molecular complexity index is 1010. The third kappa shape index (κ3) is 5.66. The summed E-state index contributed by atoms with van der Waals surface area (Å²) in [7, 11) is 0. The summed E-state index contributed by atoms with van der Waals surface area (Å²) in [4.78, 5) is 35.3. The van der Waals surface area contributed by atoms with E-state index in [0.717, 1.165) is 22.3 Å². The van der Waals surface area contributed by atoms with Gasteiger partial charge in [-0.2, -0.15) is 13.2 Å². The minimum Gasteiger partial charge on any atom is -0.480 e. The number of aliphatic hydroxyl groups excluding tert-OH is 1. The largest absolute Gasteiger partial charge is 0.480 e. The number of nitrogens with one attached hydrogen (secondary N) is 2. The van der Waals surface area contributed by atoms with Crippen LogP contribution in [0, 0.1) is 5.92 Å². The van der Waals surface area contributed by atoms with E-state index in [4.69, 9.17) is 14.9 Å². The minimum atomic E-state index is -5.05. The predicted molar refractivity (Wildman–Crippen MR) is 114 cm³/mol. The maximum Gasteiger partial charge on any atom is 0.407 e. The summed E-state index contributed by atoms with van der Waals surface area (Å²) < 4.78 is 45.3. The summed E-state index contributed by atoms with van der Waals surface area (Å²) in [6, 6.07) is 13.4. The SMILES string of the molecule is O=C(NCC(C(=O)N[C@@H](CCO)C(=O)O)C(F)(F)F)OCC1c2ccccc2-c2ccccc21. The lowest BCUT2D eigenvalue weighted by molar-refractivity contribution is -0.182. The van der Waals surface area contributed by atoms with Gasteiger partial charge in [0.2, 0.25) is 5.91 Å². The number of aliphatic hydroxyl groups is 1. The number of rotatable bonds is 9. The molecule has 2 aromatic rings. The molecule has 1 unspecified atom stereocenters. The number of amides is 2. The van der Waals surface area contributed by atoms with E-state index in [1.165, 1.54) is 0 Å². The number of alkyl carbamates (subject to hydrolysis) is 1. The Morgan fingerprint density at radius 2 is 1.56 bits per heavy atom. The Morgan fingerprint density at radius 1 is 1.00 bits per heavy atom. The molecule has 0 aliphatic heterocycles. The van der Waals surface area contributed by atoms with Crippen LogP contribution in [0.2, 0.25) is 0 Å². The molecule has 11 heteroatoms. The topological polar surface area (TPSA) is 125 Å². The molecule has 0 aromatic heterocycles. The fraction of sp³-hybridized carbons (Fsp3) is 0.348. The normalized spacial score (nSPS) is 14.5. The van der Waals surface area contributed by atoms with Crippen molar-refractivity contribution in [3.8, 4) is 11.1 Å². The van der Waals surface area contributed by atoms with Gasteiger partial charge in [-0.15, -0.1) is 0 Å². The number of alkyl halides is 3. The zero-order valence-corrected chi connectivity index (χ0v) is 17.8. The monoisotopic (exact) mass is 480 g/mol. The number of halogens is 3. The molecule has 0 heterocycles. The van der Waals surface area contributed by atoms with Crippen LogP contribution < -0.4 is 10.6 Å². The standard InChI is InChI=1S/C23H23F3N2O6/c24-23(25,26)18(20(30)28-19(9-10-29)21(31)32)11-27-22(33)34-12-17-15-7-3-1-5-13(15)14-6-2-4-8-16(14)17/h1-8,17-19,29H,9-12H2,(H,27,33)(H,28,30)(H,31,32)/t18?,19-/m0/s1. The van der Waals surface area contributed by atoms with Crippen LogP contribution in [0.3, 0.4) is 0 Å². The molecule has 0 fully saturated rings. The highest BCUT2D eigenvalue weighted by atomic mass is 19.4. The van der Waals surface area contributed by atoms with Crippen molar-refractivity contribution in [1.29, 1.82) is 0 Å². The molecule has 0 saturated carbocycles. The third-order valence-corrected chi connectivity index (χ3v) is 5.54. The van der Waals surface area contributed by atoms with Gasteiger partial charge in [0.15, 0.2) is 5.92 Å². The highest BCUT2D eigenvalue weighted by Crippen LogP contribution is 2.44. The van der Waals surface area contributed by atoms with Crippen molar-refractivity contribution in [2.24, 2.45) is 5.92 Å². The van der Waals surface area contributed by atoms with Crippen LogP contribution in [0.1, 0.15) is 23.5 Å². The van der Waals surface area contributed by atoms with Crippen LogP contribution in [-0.2, 0) is 14.3 Å². The summed E-state index contributed by atoms with van der Waals surface area (Å²) in [5, 5.41) is 21.5. The number of fused-ring (bicyclic) bond motifs is 3. The van der Waals surface area contributed by atoms with Crippen molar-refractivity contribution in [2.75, 3.05) is 19.8 Å². The van der Waals surface area contributed by atoms with Gasteiger partial charge in [0.1, 0.15) is 12.6 Å². The van der Waals surface area contributed by atoms with Gasteiger partial charge in [0, 0.05) is 25.5 Å². The van der Waals surface area contributed by atoms with E-state index in [1.807, 2.05) is 53.8 Å². The van der Waals surface area contributed by atoms with E-state index < -0.39 is 55.7 Å². The second-order valence-corrected chi connectivity index (χ2v) is 7.71. The summed E-state index contributed by atoms with van der Waals surface area (Å²) in [6.07, 6.45) is -6.66. The first-order valence-corrected chi connectivity index (χ1v) is 10.4. The molecule has 34 heavy (non-hydrogen) atoms. The van der Waals surface area contributed by atoms with E-state index >= 15 is 0 Å². The maximum absolute atomic E-state index is 13.4. The molecule has 2 aromatic carbocycles. The van der Waals surface area contributed by atoms with Gasteiger partial charge in [0.05, 0.1) is 0 Å². The van der Waals surface area contributed by atoms with Crippen LogP contribution in [0.15, 0.2) is 48.5 Å². The molecule has 182 valence electrons. The fourth-order valence-electron chi connectivity index (χ4n) is 3.85. The van der Waals surface area contributed by atoms with Crippen LogP contribution in [0.5, 0.6) is 0 Å². The molecule has 2 amide bonds. The number of carbonyl (C=O) groups is 3. The lowest BCUT2D eigenvalue weighted by Gasteiger charge is -2.22. The van der Waals surface area contributed by atoms with Crippen molar-refractivity contribution in [1.82, 2.24) is 10.6 Å². The predicted octanol–water partition coefficient (Wildman–Crippen LogP) is 2.66. The molecule has 0 radical (unpaired) electrons. The fourth-order valence-corrected chi connectivity index (χ4v) is 3.85. The van der Waals surface area contributed by atoms with Gasteiger partial charge in [-0.1, -0.05) is 48.5 Å². The summed E-state index contributed by atoms with van der Waals surface area (Å²) in [5.74, 6) is -6.22. The van der Waals surface area contributed by atoms with Crippen LogP contribution in [0.25, 0.3) is 11.1 Å². The highest BCUT2D eigenvalue weighted by Gasteiger charge is 2.46. The Morgan fingerprint density at radius 3 is 2.06 bits per heavy atom. The average Bonchev–Trinajstić information content (AvgIpc) is 3.10. The van der Waals surface area contributed by atoms with E-state index in [0.29, 0.717) is 0 Å². The van der Waals surface area contributed by atoms with Crippen LogP contribution >= 0.6 is 0 Å². The second-order valence-electron chi connectivity index (χ2n) is 7.71. The van der Waals surface area contributed by atoms with Gasteiger partial charge in [-0.3, -0.25) is 4.79 Å². The van der Waals surface area contributed by atoms with Crippen LogP contribution in [0.4, 0.5) is 18.0 Å². The number of aliphatic carboxylic acids is 1. The van der Waals surface area contributed by atoms with Gasteiger partial charge in [-0.05, 0) is 22.3 Å². The number of hydrogen-bond acceptors (Lipinski definition) is 5. The third-order valence-electron chi connectivity index (χ3n) is 5.54. The maximum atomic E-state index is 13.4. The van der Waals surface area contributed by atoms with Crippen molar-refractivity contribution in [2.45, 2.75) is 24.6 Å². The zero-order chi connectivity index (χ0) is 24.9. The molecule has 3 rings (SSSR count). The zero-order valence-electron chi connectivity index (χ0n) is 17.8. The molecule has 1 aliphatic rings. The van der Waals surface area contributed by atoms with Crippen molar-refractivity contribution in [3.05, 3.63) is 59.7 Å². The Labute approximate surface area is 192 Å². The summed E-state index contributed by atoms with van der Waals surface area (Å²) >= 11 is 0. The Kier molecular flexibility index (Phi) is 7.77. The van der Waals surface area contributed by atoms with E-state index in [9.17, 15) is 27.6 Å². The average molecular weight is 480 g/mol. The molecule has 0 spiro atoms. The molecule has 8 nitrogen and oxygen atoms in total. The molecule has 1 aliphatic carbocycles. The van der Waals surface area contributed by atoms with Crippen molar-refractivity contribution in [3.63, 3.8) is 0 Å². The molecule has 4 N–H and O–H groups in total. The number of ether oxygens (including phenoxy) is 1. The van der Waals surface area contributed by atoms with E-state index in [-0.39, 0.29) is 12.5 Å². The van der Waals surface area contributed by atoms with Crippen molar-refractivity contribution >= 4 is 18.0 Å². The Hall–Kier alpha value is -3.60. The van der Waals surface area contributed by atoms with E-state index in [1.54, 1.807) is 5.32 Å². The molecular weight excluding hydrogens is 457 g/mol. The number of hydrogen-bond donors (Lipinski definition) is 4. The Balaban J connectivity index is 1.62. The number of benzene rings is 2. The first kappa shape index (κ1) is 25.0. The lowest BCUT2D eigenvalue weighted by atomic mass is 9.98. The summed E-state index contributed by atoms with van der Waals surface area (Å²) in [6.45, 7) is -1.91. The highest BCUT2D eigenvalue weighted by molar-refractivity contribution is 5.86. The quantitative estimate of drug-likeness (QED) is 0.437. The first-order valence-electron chi connectivity index (χ1n) is 10.4. The second kappa shape index (κ2) is 10.6. The minimum absolute atomic E-state index is 0.125. The number of carboxylic acid groups (broad SMARTS) is 1. The number of carbonyl (C=O) groups excluding carboxylic acids is 2. The van der Waals surface area contributed by atoms with Gasteiger partial charge in [0.25, 0.3) is 0 Å². The van der Waals surface area contributed by atoms with Gasteiger partial charge < -0.3 is 25.6 Å². The number of carboxylic acids is 1. The first-order chi connectivity index (χ1) is 16.1. The summed E-state index contributed by atoms with van der Waals surface area (Å²) in [5.41, 5.74) is 3.81. The van der Waals surface area contributed by atoms with Crippen molar-refractivity contribution < 1.29 is 42.5 Å². The smallest absolute Gasteiger partial charge is 0.407 e. The lowest BCUT2D eigenvalue weighted by Crippen LogP contribution is -2.51. The van der Waals surface area contributed by atoms with Crippen LogP contribution in [-0.4, -0.2) is 60.2 Å². The molecule has 0 bridgehead atoms. The molecule has 2 atom stereocenters. The van der Waals surface area contributed by atoms with Gasteiger partial charge >= 0.3 is 18.2 Å². The van der Waals surface area contributed by atoms with E-state index in [2.05, 4.69) is 0 Å². The molecular formula is C23H23F3N2O6. The van der Waals surface area contributed by atoms with Gasteiger partial charge in [-0.25, -0.2) is 9.59 Å². The molecule has 0 saturated heterocycles.